The van der Waals surface area contributed by atoms with Crippen LogP contribution in [0.15, 0.2) is 39.6 Å². The number of aryl methyl sites for hydroxylation is 4. The Morgan fingerprint density at radius 2 is 1.86 bits per heavy atom. The summed E-state index contributed by atoms with van der Waals surface area (Å²) in [5.74, 6) is 0.456. The summed E-state index contributed by atoms with van der Waals surface area (Å²) in [6, 6.07) is 9.49. The molecule has 2 heterocycles. The smallest absolute Gasteiger partial charge is 0.261 e. The number of hydrogen-bond acceptors (Lipinski definition) is 5. The Morgan fingerprint density at radius 1 is 1.14 bits per heavy atom. The standard InChI is InChI=1S/C22H26N4O3/c1-5-10-26-16(4)6-7-18(22(26)28)21-24-20(29-25-21)9-8-19(27)23-17-12-14(2)11-15(3)13-17/h6-7,11-13H,5,8-10H2,1-4H3,(H,23,27). The predicted molar refractivity (Wildman–Crippen MR) is 112 cm³/mol. The zero-order valence-electron chi connectivity index (χ0n) is 17.3. The molecule has 0 aliphatic heterocycles. The highest BCUT2D eigenvalue weighted by molar-refractivity contribution is 5.90. The molecule has 0 atom stereocenters. The number of benzene rings is 1. The van der Waals surface area contributed by atoms with Gasteiger partial charge in [-0.15, -0.1) is 0 Å². The first-order valence-electron chi connectivity index (χ1n) is 9.79. The first kappa shape index (κ1) is 20.5. The van der Waals surface area contributed by atoms with Crippen LogP contribution in [0.3, 0.4) is 0 Å². The number of pyridine rings is 1. The van der Waals surface area contributed by atoms with Gasteiger partial charge in [0, 0.05) is 30.8 Å². The second-order valence-corrected chi connectivity index (χ2v) is 7.28. The first-order valence-corrected chi connectivity index (χ1v) is 9.79. The van der Waals surface area contributed by atoms with Gasteiger partial charge in [-0.25, -0.2) is 0 Å². The van der Waals surface area contributed by atoms with E-state index in [1.54, 1.807) is 10.6 Å². The third kappa shape index (κ3) is 4.99. The second-order valence-electron chi connectivity index (χ2n) is 7.28. The highest BCUT2D eigenvalue weighted by Gasteiger charge is 2.15. The second kappa shape index (κ2) is 8.86. The number of amides is 1. The molecule has 0 aliphatic carbocycles. The van der Waals surface area contributed by atoms with Gasteiger partial charge in [-0.05, 0) is 62.6 Å². The van der Waals surface area contributed by atoms with Crippen molar-refractivity contribution in [3.63, 3.8) is 0 Å². The molecule has 7 nitrogen and oxygen atoms in total. The minimum atomic E-state index is -0.133. The van der Waals surface area contributed by atoms with Gasteiger partial charge in [-0.1, -0.05) is 18.1 Å². The summed E-state index contributed by atoms with van der Waals surface area (Å²) in [5.41, 5.74) is 4.12. The molecule has 0 fully saturated rings. The van der Waals surface area contributed by atoms with E-state index in [0.29, 0.717) is 24.4 Å². The molecule has 0 radical (unpaired) electrons. The minimum Gasteiger partial charge on any atom is -0.339 e. The van der Waals surface area contributed by atoms with Crippen LogP contribution in [0.2, 0.25) is 0 Å². The van der Waals surface area contributed by atoms with Crippen LogP contribution in [-0.4, -0.2) is 20.6 Å². The van der Waals surface area contributed by atoms with Crippen molar-refractivity contribution in [1.82, 2.24) is 14.7 Å². The summed E-state index contributed by atoms with van der Waals surface area (Å²) < 4.78 is 6.96. The van der Waals surface area contributed by atoms with Crippen LogP contribution in [0.5, 0.6) is 0 Å². The Labute approximate surface area is 169 Å². The Kier molecular flexibility index (Phi) is 6.26. The minimum absolute atomic E-state index is 0.129. The summed E-state index contributed by atoms with van der Waals surface area (Å²) in [5, 5.41) is 6.82. The van der Waals surface area contributed by atoms with Gasteiger partial charge in [0.25, 0.3) is 5.56 Å². The molecule has 0 unspecified atom stereocenters. The largest absolute Gasteiger partial charge is 0.339 e. The quantitative estimate of drug-likeness (QED) is 0.658. The van der Waals surface area contributed by atoms with E-state index in [9.17, 15) is 9.59 Å². The molecule has 0 saturated carbocycles. The van der Waals surface area contributed by atoms with Crippen LogP contribution < -0.4 is 10.9 Å². The van der Waals surface area contributed by atoms with E-state index in [1.165, 1.54) is 0 Å². The van der Waals surface area contributed by atoms with Gasteiger partial charge in [0.2, 0.25) is 17.6 Å². The Hall–Kier alpha value is -3.22. The van der Waals surface area contributed by atoms with Crippen molar-refractivity contribution in [2.75, 3.05) is 5.32 Å². The Balaban J connectivity index is 1.67. The highest BCUT2D eigenvalue weighted by Crippen LogP contribution is 2.16. The van der Waals surface area contributed by atoms with Gasteiger partial charge in [-0.3, -0.25) is 9.59 Å². The summed E-state index contributed by atoms with van der Waals surface area (Å²) in [4.78, 5) is 29.2. The van der Waals surface area contributed by atoms with Crippen LogP contribution in [0, 0.1) is 20.8 Å². The highest BCUT2D eigenvalue weighted by atomic mass is 16.5. The van der Waals surface area contributed by atoms with Crippen LogP contribution in [0.4, 0.5) is 5.69 Å². The van der Waals surface area contributed by atoms with E-state index >= 15 is 0 Å². The molecule has 1 aromatic carbocycles. The Bertz CT molecular complexity index is 1060. The molecule has 0 saturated heterocycles. The van der Waals surface area contributed by atoms with E-state index < -0.39 is 0 Å². The molecule has 3 rings (SSSR count). The fourth-order valence-corrected chi connectivity index (χ4v) is 3.30. The van der Waals surface area contributed by atoms with E-state index in [2.05, 4.69) is 21.5 Å². The fourth-order valence-electron chi connectivity index (χ4n) is 3.30. The summed E-state index contributed by atoms with van der Waals surface area (Å²) in [7, 11) is 0. The average molecular weight is 394 g/mol. The van der Waals surface area contributed by atoms with E-state index in [0.717, 1.165) is 28.9 Å². The maximum atomic E-state index is 12.7. The van der Waals surface area contributed by atoms with Crippen LogP contribution >= 0.6 is 0 Å². The molecule has 3 aromatic rings. The van der Waals surface area contributed by atoms with Gasteiger partial charge < -0.3 is 14.4 Å². The van der Waals surface area contributed by atoms with Gasteiger partial charge in [0.1, 0.15) is 0 Å². The lowest BCUT2D eigenvalue weighted by atomic mass is 10.1. The number of nitrogens with one attached hydrogen (secondary N) is 1. The van der Waals surface area contributed by atoms with Crippen molar-refractivity contribution < 1.29 is 9.32 Å². The topological polar surface area (TPSA) is 90.0 Å². The first-order chi connectivity index (χ1) is 13.9. The van der Waals surface area contributed by atoms with Gasteiger partial charge in [0.15, 0.2) is 0 Å². The van der Waals surface area contributed by atoms with Crippen molar-refractivity contribution >= 4 is 11.6 Å². The zero-order valence-corrected chi connectivity index (χ0v) is 17.3. The van der Waals surface area contributed by atoms with Gasteiger partial charge >= 0.3 is 0 Å². The van der Waals surface area contributed by atoms with Crippen molar-refractivity contribution in [2.24, 2.45) is 0 Å². The normalized spacial score (nSPS) is 10.9. The number of aromatic nitrogens is 3. The average Bonchev–Trinajstić information content (AvgIpc) is 3.11. The lowest BCUT2D eigenvalue weighted by Crippen LogP contribution is -2.23. The summed E-state index contributed by atoms with van der Waals surface area (Å²) in [6.45, 7) is 8.54. The van der Waals surface area contributed by atoms with Crippen molar-refractivity contribution in [3.05, 3.63) is 63.4 Å². The number of hydrogen-bond donors (Lipinski definition) is 1. The zero-order chi connectivity index (χ0) is 21.0. The van der Waals surface area contributed by atoms with Gasteiger partial charge in [-0.2, -0.15) is 4.98 Å². The lowest BCUT2D eigenvalue weighted by Gasteiger charge is -2.09. The number of rotatable bonds is 7. The molecule has 152 valence electrons. The summed E-state index contributed by atoms with van der Waals surface area (Å²) >= 11 is 0. The molecule has 0 spiro atoms. The molecule has 0 aliphatic rings. The van der Waals surface area contributed by atoms with Crippen molar-refractivity contribution in [3.8, 4) is 11.4 Å². The number of nitrogens with zero attached hydrogens (tertiary/aromatic N) is 3. The van der Waals surface area contributed by atoms with Crippen LogP contribution in [-0.2, 0) is 17.8 Å². The molecular weight excluding hydrogens is 368 g/mol. The predicted octanol–water partition coefficient (Wildman–Crippen LogP) is 3.80. The van der Waals surface area contributed by atoms with Crippen LogP contribution in [0.1, 0.15) is 42.5 Å². The summed E-state index contributed by atoms with van der Waals surface area (Å²) in [6.07, 6.45) is 1.37. The van der Waals surface area contributed by atoms with Crippen LogP contribution in [0.25, 0.3) is 11.4 Å². The van der Waals surface area contributed by atoms with E-state index in [1.807, 2.05) is 45.9 Å². The third-order valence-electron chi connectivity index (χ3n) is 4.62. The SMILES string of the molecule is CCCn1c(C)ccc(-c2noc(CCC(=O)Nc3cc(C)cc(C)c3)n2)c1=O. The molecule has 1 amide bonds. The Morgan fingerprint density at radius 3 is 2.55 bits per heavy atom. The maximum absolute atomic E-state index is 12.7. The third-order valence-corrected chi connectivity index (χ3v) is 4.62. The maximum Gasteiger partial charge on any atom is 0.261 e. The van der Waals surface area contributed by atoms with E-state index in [4.69, 9.17) is 4.52 Å². The monoisotopic (exact) mass is 394 g/mol. The molecule has 29 heavy (non-hydrogen) atoms. The molecule has 1 N–H and O–H groups in total. The number of carbonyl (C=O) groups excluding carboxylic acids is 1. The number of carbonyl (C=O) groups is 1. The lowest BCUT2D eigenvalue weighted by molar-refractivity contribution is -0.116. The van der Waals surface area contributed by atoms with Crippen molar-refractivity contribution in [1.29, 1.82) is 0 Å². The molecule has 0 bridgehead atoms. The molecule has 7 heteroatoms. The van der Waals surface area contributed by atoms with E-state index in [-0.39, 0.29) is 23.7 Å². The molecule has 2 aromatic heterocycles. The van der Waals surface area contributed by atoms with Gasteiger partial charge in [0.05, 0.1) is 5.56 Å². The van der Waals surface area contributed by atoms with Crippen molar-refractivity contribution in [2.45, 2.75) is 53.5 Å². The molecular formula is C22H26N4O3. The fraction of sp³-hybridized carbons (Fsp3) is 0.364. The number of anilines is 1.